The maximum absolute atomic E-state index is 6.13. The van der Waals surface area contributed by atoms with Gasteiger partial charge in [-0.25, -0.2) is 4.99 Å². The molecule has 130 valence electrons. The minimum Gasteiger partial charge on any atom is -0.376 e. The molecule has 1 aromatic carbocycles. The Morgan fingerprint density at radius 3 is 2.84 bits per heavy atom. The molecule has 1 saturated heterocycles. The Morgan fingerprint density at radius 1 is 1.20 bits per heavy atom. The number of hydrogen-bond donors (Lipinski definition) is 0. The maximum Gasteiger partial charge on any atom is 0.190 e. The largest absolute Gasteiger partial charge is 0.376 e. The van der Waals surface area contributed by atoms with Crippen LogP contribution in [0.15, 0.2) is 46.1 Å². The molecule has 1 atom stereocenters. The molecule has 4 rings (SSSR count). The number of thiazole rings is 1. The molecule has 0 N–H and O–H groups in total. The van der Waals surface area contributed by atoms with Crippen molar-refractivity contribution in [2.24, 2.45) is 4.99 Å². The minimum atomic E-state index is 0.251. The van der Waals surface area contributed by atoms with Gasteiger partial charge in [0.15, 0.2) is 4.80 Å². The van der Waals surface area contributed by atoms with Crippen molar-refractivity contribution in [3.05, 3.63) is 55.9 Å². The first-order chi connectivity index (χ1) is 12.2. The lowest BCUT2D eigenvalue weighted by Gasteiger charge is -2.13. The molecule has 3 nitrogen and oxygen atoms in total. The first kappa shape index (κ1) is 17.3. The molecule has 0 aliphatic carbocycles. The van der Waals surface area contributed by atoms with E-state index in [4.69, 9.17) is 32.9 Å². The van der Waals surface area contributed by atoms with Crippen LogP contribution in [0.3, 0.4) is 0 Å². The zero-order valence-corrected chi connectivity index (χ0v) is 16.5. The molecule has 0 bridgehead atoms. The topological polar surface area (TPSA) is 26.5 Å². The Labute approximate surface area is 164 Å². The Bertz CT molecular complexity index is 925. The van der Waals surface area contributed by atoms with Gasteiger partial charge in [0.25, 0.3) is 0 Å². The number of hydrogen-bond acceptors (Lipinski definition) is 4. The fourth-order valence-corrected chi connectivity index (χ4v) is 4.92. The van der Waals surface area contributed by atoms with Crippen LogP contribution < -0.4 is 4.80 Å². The van der Waals surface area contributed by atoms with Gasteiger partial charge in [-0.1, -0.05) is 29.3 Å². The molecule has 1 aliphatic rings. The summed E-state index contributed by atoms with van der Waals surface area (Å²) in [5.41, 5.74) is 1.99. The summed E-state index contributed by atoms with van der Waals surface area (Å²) in [6.45, 7) is 1.67. The molecule has 0 spiro atoms. The second kappa shape index (κ2) is 7.64. The molecule has 1 aliphatic heterocycles. The van der Waals surface area contributed by atoms with Gasteiger partial charge in [-0.05, 0) is 42.5 Å². The molecular weight excluding hydrogens is 395 g/mol. The average molecular weight is 411 g/mol. The Kier molecular flexibility index (Phi) is 5.29. The highest BCUT2D eigenvalue weighted by Crippen LogP contribution is 2.28. The quantitative estimate of drug-likeness (QED) is 0.518. The van der Waals surface area contributed by atoms with Gasteiger partial charge in [0.1, 0.15) is 0 Å². The minimum absolute atomic E-state index is 0.251. The van der Waals surface area contributed by atoms with E-state index in [1.807, 2.05) is 6.07 Å². The van der Waals surface area contributed by atoms with Gasteiger partial charge in [0, 0.05) is 12.0 Å². The van der Waals surface area contributed by atoms with Gasteiger partial charge in [-0.2, -0.15) is 0 Å². The van der Waals surface area contributed by atoms with Crippen LogP contribution in [0, 0.1) is 0 Å². The third kappa shape index (κ3) is 3.86. The number of benzene rings is 1. The highest BCUT2D eigenvalue weighted by Gasteiger charge is 2.19. The van der Waals surface area contributed by atoms with E-state index in [2.05, 4.69) is 27.5 Å². The summed E-state index contributed by atoms with van der Waals surface area (Å²) in [6, 6.07) is 9.67. The number of aromatic nitrogens is 1. The highest BCUT2D eigenvalue weighted by molar-refractivity contribution is 7.14. The third-order valence-corrected chi connectivity index (χ3v) is 6.60. The monoisotopic (exact) mass is 410 g/mol. The zero-order valence-electron chi connectivity index (χ0n) is 13.3. The number of rotatable bonds is 4. The summed E-state index contributed by atoms with van der Waals surface area (Å²) in [4.78, 5) is 6.99. The molecule has 3 heterocycles. The van der Waals surface area contributed by atoms with Crippen molar-refractivity contribution in [3.63, 3.8) is 0 Å². The first-order valence-electron chi connectivity index (χ1n) is 8.04. The van der Waals surface area contributed by atoms with E-state index in [0.717, 1.165) is 36.5 Å². The number of thiophene rings is 1. The summed E-state index contributed by atoms with van der Waals surface area (Å²) in [7, 11) is 0. The van der Waals surface area contributed by atoms with Crippen molar-refractivity contribution < 1.29 is 4.74 Å². The van der Waals surface area contributed by atoms with Crippen LogP contribution in [0.4, 0.5) is 5.69 Å². The smallest absolute Gasteiger partial charge is 0.190 e. The lowest BCUT2D eigenvalue weighted by molar-refractivity contribution is 0.0968. The molecule has 0 amide bonds. The number of halogens is 2. The molecule has 0 saturated carbocycles. The fraction of sp³-hybridized carbons (Fsp3) is 0.278. The van der Waals surface area contributed by atoms with Crippen LogP contribution in [0.1, 0.15) is 12.8 Å². The van der Waals surface area contributed by atoms with Crippen LogP contribution in [0.2, 0.25) is 10.0 Å². The summed E-state index contributed by atoms with van der Waals surface area (Å²) >= 11 is 15.5. The van der Waals surface area contributed by atoms with Crippen molar-refractivity contribution in [3.8, 4) is 10.6 Å². The van der Waals surface area contributed by atoms with Gasteiger partial charge in [-0.15, -0.1) is 22.7 Å². The molecular formula is C18H16Cl2N2OS2. The molecule has 2 aromatic heterocycles. The molecule has 1 fully saturated rings. The standard InChI is InChI=1S/C18H16Cl2N2OS2/c19-14-6-5-12(9-15(14)20)21-18-22(10-13-3-1-7-23-13)16(11-25-18)17-4-2-8-24-17/h2,4-6,8-9,11,13H,1,3,7,10H2. The van der Waals surface area contributed by atoms with E-state index in [-0.39, 0.29) is 6.10 Å². The Hall–Kier alpha value is -1.11. The van der Waals surface area contributed by atoms with Crippen molar-refractivity contribution in [1.29, 1.82) is 0 Å². The van der Waals surface area contributed by atoms with E-state index in [9.17, 15) is 0 Å². The van der Waals surface area contributed by atoms with Crippen LogP contribution in [0.5, 0.6) is 0 Å². The summed E-state index contributed by atoms with van der Waals surface area (Å²) in [5.74, 6) is 0. The molecule has 7 heteroatoms. The van der Waals surface area contributed by atoms with Gasteiger partial charge >= 0.3 is 0 Å². The lowest BCUT2D eigenvalue weighted by Crippen LogP contribution is -2.23. The summed E-state index contributed by atoms with van der Waals surface area (Å²) < 4.78 is 8.10. The van der Waals surface area contributed by atoms with E-state index < -0.39 is 0 Å². The van der Waals surface area contributed by atoms with E-state index in [1.54, 1.807) is 34.8 Å². The number of ether oxygens (including phenoxy) is 1. The first-order valence-corrected chi connectivity index (χ1v) is 10.6. The van der Waals surface area contributed by atoms with Crippen molar-refractivity contribution in [2.75, 3.05) is 6.61 Å². The van der Waals surface area contributed by atoms with Crippen molar-refractivity contribution in [2.45, 2.75) is 25.5 Å². The second-order valence-corrected chi connectivity index (χ2v) is 8.44. The normalized spacial score (nSPS) is 18.2. The second-order valence-electron chi connectivity index (χ2n) is 5.84. The molecule has 3 aromatic rings. The van der Waals surface area contributed by atoms with Gasteiger partial charge in [0.2, 0.25) is 0 Å². The predicted octanol–water partition coefficient (Wildman–Crippen LogP) is 6.00. The van der Waals surface area contributed by atoms with Crippen LogP contribution in [0.25, 0.3) is 10.6 Å². The number of nitrogens with zero attached hydrogens (tertiary/aromatic N) is 2. The van der Waals surface area contributed by atoms with Crippen molar-refractivity contribution >= 4 is 51.6 Å². The zero-order chi connectivity index (χ0) is 17.2. The van der Waals surface area contributed by atoms with E-state index >= 15 is 0 Å². The van der Waals surface area contributed by atoms with E-state index in [1.165, 1.54) is 10.6 Å². The summed E-state index contributed by atoms with van der Waals surface area (Å²) in [5, 5.41) is 5.32. The van der Waals surface area contributed by atoms with E-state index in [0.29, 0.717) is 10.0 Å². The Balaban J connectivity index is 1.78. The molecule has 1 unspecified atom stereocenters. The third-order valence-electron chi connectivity index (χ3n) is 4.11. The SMILES string of the molecule is Clc1ccc(N=c2scc(-c3cccs3)n2CC2CCCO2)cc1Cl. The average Bonchev–Trinajstić information content (AvgIpc) is 3.34. The molecule has 0 radical (unpaired) electrons. The van der Waals surface area contributed by atoms with Crippen LogP contribution in [-0.2, 0) is 11.3 Å². The van der Waals surface area contributed by atoms with Gasteiger partial charge in [0.05, 0.1) is 39.0 Å². The maximum atomic E-state index is 6.13. The van der Waals surface area contributed by atoms with Crippen molar-refractivity contribution in [1.82, 2.24) is 4.57 Å². The van der Waals surface area contributed by atoms with Gasteiger partial charge < -0.3 is 9.30 Å². The van der Waals surface area contributed by atoms with Crippen LogP contribution >= 0.6 is 45.9 Å². The molecule has 25 heavy (non-hydrogen) atoms. The van der Waals surface area contributed by atoms with Crippen LogP contribution in [-0.4, -0.2) is 17.3 Å². The lowest BCUT2D eigenvalue weighted by atomic mass is 10.2. The van der Waals surface area contributed by atoms with Gasteiger partial charge in [-0.3, -0.25) is 0 Å². The highest BCUT2D eigenvalue weighted by atomic mass is 35.5. The summed E-state index contributed by atoms with van der Waals surface area (Å²) in [6.07, 6.45) is 2.48. The predicted molar refractivity (Wildman–Crippen MR) is 106 cm³/mol. The Morgan fingerprint density at radius 2 is 2.12 bits per heavy atom. The fourth-order valence-electron chi connectivity index (χ4n) is 2.87.